The second kappa shape index (κ2) is 6.52. The predicted octanol–water partition coefficient (Wildman–Crippen LogP) is 1.52. The Balaban J connectivity index is 1.89. The topological polar surface area (TPSA) is 61.6 Å². The largest absolute Gasteiger partial charge is 0.459 e. The molecule has 4 heteroatoms. The maximum atomic E-state index is 11.8. The summed E-state index contributed by atoms with van der Waals surface area (Å²) in [5.74, 6) is -0.288. The molecule has 1 heterocycles. The van der Waals surface area contributed by atoms with Crippen LogP contribution in [-0.2, 0) is 15.9 Å². The Morgan fingerprint density at radius 1 is 1.50 bits per heavy atom. The highest BCUT2D eigenvalue weighted by Crippen LogP contribution is 2.13. The Morgan fingerprint density at radius 3 is 3.11 bits per heavy atom. The van der Waals surface area contributed by atoms with Crippen molar-refractivity contribution in [1.29, 1.82) is 0 Å². The molecule has 98 valence electrons. The first-order valence-electron chi connectivity index (χ1n) is 6.37. The molecule has 0 aromatic heterocycles. The summed E-state index contributed by atoms with van der Waals surface area (Å²) in [4.78, 5) is 11.8. The van der Waals surface area contributed by atoms with Crippen LogP contribution in [0.25, 0.3) is 0 Å². The van der Waals surface area contributed by atoms with Crippen molar-refractivity contribution < 1.29 is 14.3 Å². The van der Waals surface area contributed by atoms with Crippen molar-refractivity contribution >= 4 is 5.97 Å². The van der Waals surface area contributed by atoms with E-state index in [9.17, 15) is 4.79 Å². The Bertz CT molecular complexity index is 400. The van der Waals surface area contributed by atoms with Gasteiger partial charge in [-0.25, -0.2) is 4.79 Å². The molecule has 2 rings (SSSR count). The zero-order valence-corrected chi connectivity index (χ0v) is 10.4. The van der Waals surface area contributed by atoms with Gasteiger partial charge in [-0.05, 0) is 43.5 Å². The van der Waals surface area contributed by atoms with Gasteiger partial charge in [0, 0.05) is 6.61 Å². The number of ether oxygens (including phenoxy) is 2. The van der Waals surface area contributed by atoms with Gasteiger partial charge in [0.15, 0.2) is 0 Å². The molecule has 1 saturated heterocycles. The fourth-order valence-corrected chi connectivity index (χ4v) is 2.05. The molecule has 2 N–H and O–H groups in total. The molecule has 0 spiro atoms. The van der Waals surface area contributed by atoms with Gasteiger partial charge in [0.1, 0.15) is 6.61 Å². The average molecular weight is 249 g/mol. The number of carbonyl (C=O) groups is 1. The van der Waals surface area contributed by atoms with Crippen LogP contribution in [-0.4, -0.2) is 31.8 Å². The number of carbonyl (C=O) groups excluding carboxylic acids is 1. The number of rotatable bonds is 5. The van der Waals surface area contributed by atoms with E-state index in [1.807, 2.05) is 18.2 Å². The van der Waals surface area contributed by atoms with E-state index in [1.165, 1.54) is 0 Å². The van der Waals surface area contributed by atoms with Gasteiger partial charge in [-0.15, -0.1) is 0 Å². The lowest BCUT2D eigenvalue weighted by molar-refractivity contribution is 0.0161. The van der Waals surface area contributed by atoms with Crippen LogP contribution in [0.5, 0.6) is 0 Å². The maximum Gasteiger partial charge on any atom is 0.338 e. The molecule has 1 aliphatic rings. The number of esters is 1. The van der Waals surface area contributed by atoms with Crippen LogP contribution in [0.1, 0.15) is 28.8 Å². The highest BCUT2D eigenvalue weighted by Gasteiger charge is 2.18. The Labute approximate surface area is 107 Å². The Morgan fingerprint density at radius 2 is 2.39 bits per heavy atom. The quantitative estimate of drug-likeness (QED) is 0.804. The minimum Gasteiger partial charge on any atom is -0.459 e. The van der Waals surface area contributed by atoms with Gasteiger partial charge in [-0.1, -0.05) is 12.1 Å². The van der Waals surface area contributed by atoms with Crippen molar-refractivity contribution in [3.63, 3.8) is 0 Å². The third-order valence-corrected chi connectivity index (χ3v) is 3.02. The minimum absolute atomic E-state index is 0.0705. The van der Waals surface area contributed by atoms with Crippen LogP contribution >= 0.6 is 0 Å². The summed E-state index contributed by atoms with van der Waals surface area (Å²) < 4.78 is 10.7. The van der Waals surface area contributed by atoms with Crippen molar-refractivity contribution in [2.45, 2.75) is 25.4 Å². The third-order valence-electron chi connectivity index (χ3n) is 3.02. The lowest BCUT2D eigenvalue weighted by Crippen LogP contribution is -2.18. The molecule has 1 aliphatic heterocycles. The fourth-order valence-electron chi connectivity index (χ4n) is 2.05. The van der Waals surface area contributed by atoms with E-state index in [2.05, 4.69) is 0 Å². The van der Waals surface area contributed by atoms with Crippen molar-refractivity contribution in [1.82, 2.24) is 0 Å². The molecule has 1 atom stereocenters. The summed E-state index contributed by atoms with van der Waals surface area (Å²) in [5.41, 5.74) is 7.14. The molecular formula is C14H19NO3. The van der Waals surface area contributed by atoms with Gasteiger partial charge < -0.3 is 15.2 Å². The monoisotopic (exact) mass is 249 g/mol. The summed E-state index contributed by atoms with van der Waals surface area (Å²) in [6.45, 7) is 1.70. The lowest BCUT2D eigenvalue weighted by Gasteiger charge is -2.10. The molecule has 4 nitrogen and oxygen atoms in total. The van der Waals surface area contributed by atoms with Gasteiger partial charge in [0.25, 0.3) is 0 Å². The molecule has 1 aromatic rings. The van der Waals surface area contributed by atoms with Gasteiger partial charge >= 0.3 is 5.97 Å². The van der Waals surface area contributed by atoms with Crippen LogP contribution in [0.15, 0.2) is 24.3 Å². The van der Waals surface area contributed by atoms with Crippen LogP contribution in [0.3, 0.4) is 0 Å². The first-order valence-corrected chi connectivity index (χ1v) is 6.37. The van der Waals surface area contributed by atoms with E-state index in [0.29, 0.717) is 18.7 Å². The van der Waals surface area contributed by atoms with E-state index in [-0.39, 0.29) is 12.1 Å². The summed E-state index contributed by atoms with van der Waals surface area (Å²) in [5, 5.41) is 0. The smallest absolute Gasteiger partial charge is 0.338 e. The van der Waals surface area contributed by atoms with Crippen molar-refractivity contribution in [2.75, 3.05) is 19.8 Å². The molecule has 0 aliphatic carbocycles. The highest BCUT2D eigenvalue weighted by atomic mass is 16.6. The van der Waals surface area contributed by atoms with Gasteiger partial charge in [0.05, 0.1) is 11.7 Å². The lowest BCUT2D eigenvalue weighted by atomic mass is 10.1. The standard InChI is InChI=1S/C14H19NO3/c15-7-6-11-3-1-4-12(9-11)14(16)18-10-13-5-2-8-17-13/h1,3-4,9,13H,2,5-8,10,15H2. The maximum absolute atomic E-state index is 11.8. The molecule has 0 bridgehead atoms. The number of hydrogen-bond donors (Lipinski definition) is 1. The van der Waals surface area contributed by atoms with Gasteiger partial charge in [-0.3, -0.25) is 0 Å². The highest BCUT2D eigenvalue weighted by molar-refractivity contribution is 5.89. The first kappa shape index (κ1) is 13.1. The Kier molecular flexibility index (Phi) is 4.73. The van der Waals surface area contributed by atoms with E-state index in [4.69, 9.17) is 15.2 Å². The van der Waals surface area contributed by atoms with E-state index in [0.717, 1.165) is 31.4 Å². The van der Waals surface area contributed by atoms with Crippen LogP contribution in [0.4, 0.5) is 0 Å². The molecule has 0 radical (unpaired) electrons. The summed E-state index contributed by atoms with van der Waals surface area (Å²) in [6.07, 6.45) is 2.86. The summed E-state index contributed by atoms with van der Waals surface area (Å²) in [7, 11) is 0. The first-order chi connectivity index (χ1) is 8.79. The van der Waals surface area contributed by atoms with E-state index < -0.39 is 0 Å². The number of nitrogens with two attached hydrogens (primary N) is 1. The second-order valence-corrected chi connectivity index (χ2v) is 4.47. The normalized spacial score (nSPS) is 18.8. The van der Waals surface area contributed by atoms with Crippen molar-refractivity contribution in [3.8, 4) is 0 Å². The van der Waals surface area contributed by atoms with Gasteiger partial charge in [-0.2, -0.15) is 0 Å². The van der Waals surface area contributed by atoms with Crippen LogP contribution in [0, 0.1) is 0 Å². The minimum atomic E-state index is -0.288. The van der Waals surface area contributed by atoms with E-state index in [1.54, 1.807) is 6.07 Å². The van der Waals surface area contributed by atoms with Gasteiger partial charge in [0.2, 0.25) is 0 Å². The molecule has 1 unspecified atom stereocenters. The summed E-state index contributed by atoms with van der Waals surface area (Å²) in [6, 6.07) is 7.42. The fraction of sp³-hybridized carbons (Fsp3) is 0.500. The zero-order valence-electron chi connectivity index (χ0n) is 10.4. The molecule has 1 fully saturated rings. The van der Waals surface area contributed by atoms with E-state index >= 15 is 0 Å². The molecule has 0 amide bonds. The van der Waals surface area contributed by atoms with Crippen LogP contribution in [0.2, 0.25) is 0 Å². The Hall–Kier alpha value is -1.39. The SMILES string of the molecule is NCCc1cccc(C(=O)OCC2CCCO2)c1. The van der Waals surface area contributed by atoms with Crippen molar-refractivity contribution in [2.24, 2.45) is 5.73 Å². The number of hydrogen-bond acceptors (Lipinski definition) is 4. The van der Waals surface area contributed by atoms with Crippen LogP contribution < -0.4 is 5.73 Å². The second-order valence-electron chi connectivity index (χ2n) is 4.47. The molecule has 1 aromatic carbocycles. The summed E-state index contributed by atoms with van der Waals surface area (Å²) >= 11 is 0. The van der Waals surface area contributed by atoms with Crippen molar-refractivity contribution in [3.05, 3.63) is 35.4 Å². The molecular weight excluding hydrogens is 230 g/mol. The molecule has 0 saturated carbocycles. The average Bonchev–Trinajstić information content (AvgIpc) is 2.90. The third kappa shape index (κ3) is 3.55. The zero-order chi connectivity index (χ0) is 12.8. The predicted molar refractivity (Wildman–Crippen MR) is 68.5 cm³/mol. The number of benzene rings is 1. The molecule has 18 heavy (non-hydrogen) atoms.